The van der Waals surface area contributed by atoms with Gasteiger partial charge >= 0.3 is 0 Å². The van der Waals surface area contributed by atoms with Crippen molar-refractivity contribution >= 4 is 0 Å². The van der Waals surface area contributed by atoms with E-state index in [1.165, 1.54) is 11.1 Å². The van der Waals surface area contributed by atoms with E-state index >= 15 is 0 Å². The summed E-state index contributed by atoms with van der Waals surface area (Å²) in [5.74, 6) is 1.37. The summed E-state index contributed by atoms with van der Waals surface area (Å²) in [5, 5.41) is 0. The summed E-state index contributed by atoms with van der Waals surface area (Å²) >= 11 is 0. The molecule has 134 valence electrons. The van der Waals surface area contributed by atoms with Crippen molar-refractivity contribution in [3.05, 3.63) is 83.7 Å². The third-order valence-electron chi connectivity index (χ3n) is 4.97. The Morgan fingerprint density at radius 3 is 2.81 bits per heavy atom. The molecule has 1 atom stereocenters. The molecule has 0 fully saturated rings. The number of fused-ring (bicyclic) bond motifs is 1. The van der Waals surface area contributed by atoms with Crippen LogP contribution in [0.4, 0.5) is 0 Å². The van der Waals surface area contributed by atoms with Gasteiger partial charge in [-0.1, -0.05) is 30.3 Å². The van der Waals surface area contributed by atoms with E-state index in [1.54, 1.807) is 7.11 Å². The quantitative estimate of drug-likeness (QED) is 0.687. The second kappa shape index (κ2) is 7.81. The second-order valence-electron chi connectivity index (χ2n) is 6.71. The molecule has 0 radical (unpaired) electrons. The fourth-order valence-electron chi connectivity index (χ4n) is 3.75. The van der Waals surface area contributed by atoms with Gasteiger partial charge in [0.2, 0.25) is 0 Å². The van der Waals surface area contributed by atoms with Gasteiger partial charge in [-0.2, -0.15) is 0 Å². The maximum absolute atomic E-state index is 5.26. The van der Waals surface area contributed by atoms with Gasteiger partial charge in [0, 0.05) is 51.9 Å². The summed E-state index contributed by atoms with van der Waals surface area (Å²) < 4.78 is 7.48. The number of hydrogen-bond donors (Lipinski definition) is 0. The number of imidazole rings is 1. The minimum absolute atomic E-state index is 0.260. The molecular formula is C21H24N4O. The molecule has 26 heavy (non-hydrogen) atoms. The van der Waals surface area contributed by atoms with Gasteiger partial charge in [0.25, 0.3) is 0 Å². The van der Waals surface area contributed by atoms with E-state index in [0.29, 0.717) is 6.61 Å². The number of benzene rings is 1. The van der Waals surface area contributed by atoms with Crippen molar-refractivity contribution in [3.63, 3.8) is 0 Å². The van der Waals surface area contributed by atoms with Gasteiger partial charge in [-0.15, -0.1) is 0 Å². The van der Waals surface area contributed by atoms with Crippen LogP contribution in [0.15, 0.2) is 61.1 Å². The molecule has 3 aromatic rings. The summed E-state index contributed by atoms with van der Waals surface area (Å²) in [6, 6.07) is 14.8. The van der Waals surface area contributed by atoms with Crippen LogP contribution in [-0.2, 0) is 24.4 Å². The molecule has 2 aromatic heterocycles. The first-order valence-electron chi connectivity index (χ1n) is 9.05. The molecule has 3 heterocycles. The SMILES string of the molecule is COCCn1ccnc1C1CN(Cc2ccccn2)Cc2ccccc21. The molecule has 1 aliphatic heterocycles. The Bertz CT molecular complexity index is 846. The van der Waals surface area contributed by atoms with Gasteiger partial charge in [0.1, 0.15) is 5.82 Å². The van der Waals surface area contributed by atoms with Gasteiger partial charge in [0.05, 0.1) is 18.2 Å². The van der Waals surface area contributed by atoms with E-state index in [-0.39, 0.29) is 5.92 Å². The molecule has 0 bridgehead atoms. The van der Waals surface area contributed by atoms with Crippen molar-refractivity contribution in [3.8, 4) is 0 Å². The van der Waals surface area contributed by atoms with Crippen LogP contribution in [0.2, 0.25) is 0 Å². The van der Waals surface area contributed by atoms with Gasteiger partial charge in [-0.25, -0.2) is 4.98 Å². The summed E-state index contributed by atoms with van der Waals surface area (Å²) in [5.41, 5.74) is 3.86. The topological polar surface area (TPSA) is 43.2 Å². The minimum Gasteiger partial charge on any atom is -0.383 e. The zero-order chi connectivity index (χ0) is 17.8. The largest absolute Gasteiger partial charge is 0.383 e. The van der Waals surface area contributed by atoms with Crippen molar-refractivity contribution in [2.24, 2.45) is 0 Å². The highest BCUT2D eigenvalue weighted by atomic mass is 16.5. The number of rotatable bonds is 6. The highest BCUT2D eigenvalue weighted by Gasteiger charge is 2.29. The third-order valence-corrected chi connectivity index (χ3v) is 4.97. The minimum atomic E-state index is 0.260. The van der Waals surface area contributed by atoms with Crippen molar-refractivity contribution in [2.75, 3.05) is 20.3 Å². The zero-order valence-electron chi connectivity index (χ0n) is 15.1. The summed E-state index contributed by atoms with van der Waals surface area (Å²) in [4.78, 5) is 11.7. The lowest BCUT2D eigenvalue weighted by atomic mass is 9.89. The number of pyridine rings is 1. The van der Waals surface area contributed by atoms with Crippen molar-refractivity contribution in [1.82, 2.24) is 19.4 Å². The summed E-state index contributed by atoms with van der Waals surface area (Å²) in [7, 11) is 1.74. The number of hydrogen-bond acceptors (Lipinski definition) is 4. The molecule has 1 aromatic carbocycles. The van der Waals surface area contributed by atoms with Crippen LogP contribution in [0, 0.1) is 0 Å². The monoisotopic (exact) mass is 348 g/mol. The van der Waals surface area contributed by atoms with Crippen LogP contribution in [-0.4, -0.2) is 39.7 Å². The Morgan fingerprint density at radius 2 is 1.96 bits per heavy atom. The molecule has 1 aliphatic rings. The lowest BCUT2D eigenvalue weighted by Crippen LogP contribution is -2.35. The Labute approximate surface area is 154 Å². The van der Waals surface area contributed by atoms with Gasteiger partial charge in [-0.05, 0) is 23.3 Å². The average molecular weight is 348 g/mol. The van der Waals surface area contributed by atoms with Crippen molar-refractivity contribution < 1.29 is 4.74 Å². The average Bonchev–Trinajstić information content (AvgIpc) is 3.15. The molecule has 0 amide bonds. The van der Waals surface area contributed by atoms with Gasteiger partial charge in [-0.3, -0.25) is 9.88 Å². The van der Waals surface area contributed by atoms with Crippen LogP contribution < -0.4 is 0 Å². The maximum Gasteiger partial charge on any atom is 0.117 e. The van der Waals surface area contributed by atoms with Crippen LogP contribution in [0.5, 0.6) is 0 Å². The lowest BCUT2D eigenvalue weighted by molar-refractivity contribution is 0.184. The smallest absolute Gasteiger partial charge is 0.117 e. The van der Waals surface area contributed by atoms with Crippen LogP contribution in [0.3, 0.4) is 0 Å². The number of methoxy groups -OCH3 is 1. The predicted octanol–water partition coefficient (Wildman–Crippen LogP) is 3.07. The molecule has 0 saturated carbocycles. The van der Waals surface area contributed by atoms with E-state index in [2.05, 4.69) is 57.0 Å². The number of nitrogens with zero attached hydrogens (tertiary/aromatic N) is 4. The van der Waals surface area contributed by atoms with Crippen LogP contribution >= 0.6 is 0 Å². The van der Waals surface area contributed by atoms with E-state index in [4.69, 9.17) is 9.72 Å². The standard InChI is InChI=1S/C21H24N4O/c1-26-13-12-25-11-10-23-21(25)20-16-24(15-18-7-4-5-9-22-18)14-17-6-2-3-8-19(17)20/h2-11,20H,12-16H2,1H3. The highest BCUT2D eigenvalue weighted by molar-refractivity contribution is 5.37. The third kappa shape index (κ3) is 3.54. The van der Waals surface area contributed by atoms with Crippen LogP contribution in [0.25, 0.3) is 0 Å². The fraction of sp³-hybridized carbons (Fsp3) is 0.333. The van der Waals surface area contributed by atoms with Crippen LogP contribution in [0.1, 0.15) is 28.6 Å². The summed E-state index contributed by atoms with van der Waals surface area (Å²) in [6.07, 6.45) is 5.81. The van der Waals surface area contributed by atoms with Crippen molar-refractivity contribution in [1.29, 1.82) is 0 Å². The van der Waals surface area contributed by atoms with Gasteiger partial charge < -0.3 is 9.30 Å². The normalized spacial score (nSPS) is 17.2. The number of aromatic nitrogens is 3. The molecule has 5 nitrogen and oxygen atoms in total. The predicted molar refractivity (Wildman–Crippen MR) is 101 cm³/mol. The molecule has 5 heteroatoms. The lowest BCUT2D eigenvalue weighted by Gasteiger charge is -2.34. The van der Waals surface area contributed by atoms with E-state index < -0.39 is 0 Å². The molecular weight excluding hydrogens is 324 g/mol. The summed E-state index contributed by atoms with van der Waals surface area (Å²) in [6.45, 7) is 4.25. The van der Waals surface area contributed by atoms with E-state index in [0.717, 1.165) is 37.7 Å². The Hall–Kier alpha value is -2.50. The molecule has 1 unspecified atom stereocenters. The van der Waals surface area contributed by atoms with E-state index in [9.17, 15) is 0 Å². The molecule has 4 rings (SSSR count). The highest BCUT2D eigenvalue weighted by Crippen LogP contribution is 2.33. The fourth-order valence-corrected chi connectivity index (χ4v) is 3.75. The second-order valence-corrected chi connectivity index (χ2v) is 6.71. The molecule has 0 spiro atoms. The Balaban J connectivity index is 1.64. The maximum atomic E-state index is 5.26. The first kappa shape index (κ1) is 16.9. The Morgan fingerprint density at radius 1 is 1.08 bits per heavy atom. The molecule has 0 aliphatic carbocycles. The first-order chi connectivity index (χ1) is 12.8. The molecule has 0 saturated heterocycles. The Kier molecular flexibility index (Phi) is 5.09. The van der Waals surface area contributed by atoms with Gasteiger partial charge in [0.15, 0.2) is 0 Å². The van der Waals surface area contributed by atoms with E-state index in [1.807, 2.05) is 18.5 Å². The first-order valence-corrected chi connectivity index (χ1v) is 9.05. The van der Waals surface area contributed by atoms with Crippen molar-refractivity contribution in [2.45, 2.75) is 25.6 Å². The molecule has 0 N–H and O–H groups in total. The number of ether oxygens (including phenoxy) is 1. The zero-order valence-corrected chi connectivity index (χ0v) is 15.1.